The van der Waals surface area contributed by atoms with Gasteiger partial charge in [-0.25, -0.2) is 0 Å². The van der Waals surface area contributed by atoms with Crippen LogP contribution in [0.1, 0.15) is 0 Å². The van der Waals surface area contributed by atoms with E-state index < -0.39 is 0 Å². The van der Waals surface area contributed by atoms with Crippen LogP contribution in [-0.4, -0.2) is 0 Å². The van der Waals surface area contributed by atoms with Gasteiger partial charge < -0.3 is 5.48 Å². The summed E-state index contributed by atoms with van der Waals surface area (Å²) in [6.07, 6.45) is 0. The van der Waals surface area contributed by atoms with Crippen molar-refractivity contribution in [2.75, 3.05) is 0 Å². The van der Waals surface area contributed by atoms with Crippen LogP contribution in [-0.2, 0) is 69.1 Å². The van der Waals surface area contributed by atoms with Crippen molar-refractivity contribution < 1.29 is 69.1 Å². The van der Waals surface area contributed by atoms with Gasteiger partial charge in [-0.3, -0.25) is 0 Å². The van der Waals surface area contributed by atoms with Crippen LogP contribution in [0.2, 0.25) is 0 Å². The van der Waals surface area contributed by atoms with E-state index in [0.29, 0.717) is 0 Å². The molecule has 0 aromatic heterocycles. The first-order valence-corrected chi connectivity index (χ1v) is 0. The molecular formula is NbOTiZn+9. The monoisotopic (exact) mass is 221 g/mol. The Balaban J connectivity index is 0. The third-order valence-corrected chi connectivity index (χ3v) is 0. The Morgan fingerprint density at radius 1 is 1.00 bits per heavy atom. The van der Waals surface area contributed by atoms with E-state index in [4.69, 9.17) is 0 Å². The molecule has 0 spiro atoms. The zero-order valence-corrected chi connectivity index (χ0v) is 8.79. The van der Waals surface area contributed by atoms with Crippen molar-refractivity contribution in [1.82, 2.24) is 0 Å². The molecule has 0 N–H and O–H groups in total. The van der Waals surface area contributed by atoms with Gasteiger partial charge in [0.05, 0.1) is 0 Å². The fraction of sp³-hybridized carbons (Fsp3) is 0. The molecule has 4 heteroatoms. The predicted octanol–water partition coefficient (Wildman–Crippen LogP) is -0.126. The standard InChI is InChI=1S/Nb.O.Ti.Zn/q+5;-2;+4;+2. The second-order valence-electron chi connectivity index (χ2n) is 0. The van der Waals surface area contributed by atoms with E-state index in [-0.39, 0.29) is 69.1 Å². The maximum absolute atomic E-state index is 0. The molecule has 4 heavy (non-hydrogen) atoms. The normalized spacial score (nSPS) is 0. The number of hydrogen-bond donors (Lipinski definition) is 0. The minimum atomic E-state index is 0. The first-order valence-electron chi connectivity index (χ1n) is 0. The maximum atomic E-state index is 0. The van der Waals surface area contributed by atoms with Gasteiger partial charge in [0.2, 0.25) is 0 Å². The predicted molar refractivity (Wildman–Crippen MR) is 0.686 cm³/mol. The Morgan fingerprint density at radius 3 is 1.00 bits per heavy atom. The molecule has 0 fully saturated rings. The van der Waals surface area contributed by atoms with E-state index in [9.17, 15) is 0 Å². The molecule has 0 saturated heterocycles. The molecule has 1 nitrogen and oxygen atoms in total. The Labute approximate surface area is 68.4 Å². The average Bonchev–Trinajstić information content (AvgIpc) is 0. The number of rotatable bonds is 0. The minimum absolute atomic E-state index is 0. The van der Waals surface area contributed by atoms with E-state index in [1.807, 2.05) is 0 Å². The molecule has 0 atom stereocenters. The van der Waals surface area contributed by atoms with Gasteiger partial charge in [-0.1, -0.05) is 0 Å². The molecule has 0 aliphatic rings. The molecule has 0 amide bonds. The SMILES string of the molecule is [Nb+5].[O-2].[Ti+4].[Zn+2]. The van der Waals surface area contributed by atoms with Crippen molar-refractivity contribution >= 4 is 0 Å². The molecule has 8 valence electrons. The van der Waals surface area contributed by atoms with Gasteiger partial charge in [-0.05, 0) is 0 Å². The summed E-state index contributed by atoms with van der Waals surface area (Å²) in [5.41, 5.74) is 0. The molecular weight excluding hydrogens is 222 g/mol. The summed E-state index contributed by atoms with van der Waals surface area (Å²) < 4.78 is 0. The quantitative estimate of drug-likeness (QED) is 0.511. The summed E-state index contributed by atoms with van der Waals surface area (Å²) >= 11 is 0. The molecule has 0 radical (unpaired) electrons. The van der Waals surface area contributed by atoms with Gasteiger partial charge in [0.1, 0.15) is 0 Å². The van der Waals surface area contributed by atoms with Crippen molar-refractivity contribution in [1.29, 1.82) is 0 Å². The van der Waals surface area contributed by atoms with Crippen LogP contribution >= 0.6 is 0 Å². The molecule has 0 aliphatic carbocycles. The molecule has 0 heterocycles. The fourth-order valence-electron chi connectivity index (χ4n) is 0. The molecule has 0 aromatic rings. The van der Waals surface area contributed by atoms with Gasteiger partial charge in [0, 0.05) is 0 Å². The van der Waals surface area contributed by atoms with Crippen LogP contribution in [0.3, 0.4) is 0 Å². The largest absolute Gasteiger partial charge is 5.00 e. The van der Waals surface area contributed by atoms with Gasteiger partial charge in [0.15, 0.2) is 0 Å². The van der Waals surface area contributed by atoms with Gasteiger partial charge in [0.25, 0.3) is 0 Å². The van der Waals surface area contributed by atoms with Crippen LogP contribution in [0.15, 0.2) is 0 Å². The van der Waals surface area contributed by atoms with Crippen LogP contribution in [0.5, 0.6) is 0 Å². The van der Waals surface area contributed by atoms with E-state index in [0.717, 1.165) is 0 Å². The zero-order valence-electron chi connectivity index (χ0n) is 2.06. The van der Waals surface area contributed by atoms with E-state index in [2.05, 4.69) is 0 Å². The second-order valence-corrected chi connectivity index (χ2v) is 0. The summed E-state index contributed by atoms with van der Waals surface area (Å²) in [6, 6.07) is 0. The molecule has 0 saturated carbocycles. The van der Waals surface area contributed by atoms with Crippen LogP contribution in [0.4, 0.5) is 0 Å². The van der Waals surface area contributed by atoms with Gasteiger partial charge >= 0.3 is 63.6 Å². The van der Waals surface area contributed by atoms with Crippen molar-refractivity contribution in [3.8, 4) is 0 Å². The molecule has 0 unspecified atom stereocenters. The van der Waals surface area contributed by atoms with Crippen molar-refractivity contribution in [2.45, 2.75) is 0 Å². The van der Waals surface area contributed by atoms with Gasteiger partial charge in [-0.15, -0.1) is 0 Å². The van der Waals surface area contributed by atoms with E-state index >= 15 is 0 Å². The average molecular weight is 222 g/mol. The molecule has 0 aromatic carbocycles. The third kappa shape index (κ3) is 8.97. The number of hydrogen-bond acceptors (Lipinski definition) is 0. The van der Waals surface area contributed by atoms with Crippen molar-refractivity contribution in [2.24, 2.45) is 0 Å². The first kappa shape index (κ1) is 36.9. The van der Waals surface area contributed by atoms with Crippen LogP contribution in [0, 0.1) is 0 Å². The Morgan fingerprint density at radius 2 is 1.00 bits per heavy atom. The maximum Gasteiger partial charge on any atom is 5.00 e. The van der Waals surface area contributed by atoms with Gasteiger partial charge in [-0.2, -0.15) is 0 Å². The van der Waals surface area contributed by atoms with Crippen LogP contribution < -0.4 is 0 Å². The van der Waals surface area contributed by atoms with E-state index in [1.54, 1.807) is 0 Å². The third-order valence-electron chi connectivity index (χ3n) is 0. The summed E-state index contributed by atoms with van der Waals surface area (Å²) in [7, 11) is 0. The second kappa shape index (κ2) is 19.8. The van der Waals surface area contributed by atoms with Crippen LogP contribution in [0.25, 0.3) is 0 Å². The van der Waals surface area contributed by atoms with Crippen molar-refractivity contribution in [3.63, 3.8) is 0 Å². The van der Waals surface area contributed by atoms with E-state index in [1.165, 1.54) is 0 Å². The first-order chi connectivity index (χ1) is 0. The summed E-state index contributed by atoms with van der Waals surface area (Å²) in [6.45, 7) is 0. The fourth-order valence-corrected chi connectivity index (χ4v) is 0. The summed E-state index contributed by atoms with van der Waals surface area (Å²) in [5, 5.41) is 0. The van der Waals surface area contributed by atoms with Crippen molar-refractivity contribution in [3.05, 3.63) is 0 Å². The smallest absolute Gasteiger partial charge is 2.00 e. The molecule has 0 aliphatic heterocycles. The molecule has 0 rings (SSSR count). The summed E-state index contributed by atoms with van der Waals surface area (Å²) in [5.74, 6) is 0. The molecule has 0 bridgehead atoms. The zero-order chi connectivity index (χ0) is 0. The Hall–Kier alpha value is 2.04. The Kier molecular flexibility index (Phi) is 182. The summed E-state index contributed by atoms with van der Waals surface area (Å²) in [4.78, 5) is 0. The topological polar surface area (TPSA) is 28.5 Å². The Bertz CT molecular complexity index is 8.00. The minimum Gasteiger partial charge on any atom is -2.00 e.